The lowest BCUT2D eigenvalue weighted by Gasteiger charge is -2.24. The summed E-state index contributed by atoms with van der Waals surface area (Å²) in [7, 11) is 0. The molecular formula is C22H30N6O5. The molecule has 0 radical (unpaired) electrons. The number of unbranched alkanes of at least 4 members (excludes halogenated alkanes) is 1. The molecule has 0 saturated carbocycles. The summed E-state index contributed by atoms with van der Waals surface area (Å²) in [5.41, 5.74) is 18.0. The SMILES string of the molecule is NC(=O)[C@H](CCCCN=C(N)N)NC(=O)[C@H](Cc1ccc2ccccc2c1)[C@H](O)C(=O)NO. The zero-order chi connectivity index (χ0) is 24.4. The van der Waals surface area contributed by atoms with Crippen LogP contribution in [0, 0.1) is 5.92 Å². The maximum Gasteiger partial charge on any atom is 0.272 e. The molecule has 2 aromatic rings. The third-order valence-corrected chi connectivity index (χ3v) is 5.22. The van der Waals surface area contributed by atoms with Gasteiger partial charge in [0, 0.05) is 6.54 Å². The quantitative estimate of drug-likeness (QED) is 0.0713. The second kappa shape index (κ2) is 12.4. The van der Waals surface area contributed by atoms with Crippen LogP contribution in [-0.2, 0) is 20.8 Å². The maximum atomic E-state index is 13.0. The lowest BCUT2D eigenvalue weighted by Crippen LogP contribution is -2.51. The highest BCUT2D eigenvalue weighted by Gasteiger charge is 2.34. The van der Waals surface area contributed by atoms with Gasteiger partial charge in [-0.25, -0.2) is 5.48 Å². The Balaban J connectivity index is 2.15. The van der Waals surface area contributed by atoms with E-state index in [0.717, 1.165) is 10.8 Å². The number of nitrogens with one attached hydrogen (secondary N) is 2. The molecule has 0 bridgehead atoms. The topological polar surface area (TPSA) is 206 Å². The summed E-state index contributed by atoms with van der Waals surface area (Å²) in [5, 5.41) is 23.7. The van der Waals surface area contributed by atoms with Crippen LogP contribution in [0.5, 0.6) is 0 Å². The molecule has 0 aromatic heterocycles. The van der Waals surface area contributed by atoms with Crippen molar-refractivity contribution < 1.29 is 24.7 Å². The van der Waals surface area contributed by atoms with E-state index in [0.29, 0.717) is 24.9 Å². The first kappa shape index (κ1) is 25.6. The Morgan fingerprint density at radius 3 is 2.30 bits per heavy atom. The first-order valence-corrected chi connectivity index (χ1v) is 10.5. The number of carbonyl (C=O) groups is 3. The highest BCUT2D eigenvalue weighted by atomic mass is 16.5. The minimum absolute atomic E-state index is 0.0127. The number of rotatable bonds is 12. The van der Waals surface area contributed by atoms with Crippen molar-refractivity contribution >= 4 is 34.5 Å². The van der Waals surface area contributed by atoms with Gasteiger partial charge in [0.15, 0.2) is 5.96 Å². The Kier molecular flexibility index (Phi) is 9.58. The van der Waals surface area contributed by atoms with Crippen LogP contribution in [-0.4, -0.2) is 52.7 Å². The van der Waals surface area contributed by atoms with Crippen molar-refractivity contribution in [2.75, 3.05) is 6.54 Å². The van der Waals surface area contributed by atoms with Crippen molar-refractivity contribution in [3.63, 3.8) is 0 Å². The molecule has 0 aliphatic heterocycles. The molecule has 3 amide bonds. The summed E-state index contributed by atoms with van der Waals surface area (Å²) < 4.78 is 0. The van der Waals surface area contributed by atoms with Gasteiger partial charge in [-0.2, -0.15) is 0 Å². The Bertz CT molecular complexity index is 1010. The zero-order valence-corrected chi connectivity index (χ0v) is 18.1. The number of aliphatic imine (C=N–C) groups is 1. The van der Waals surface area contributed by atoms with Gasteiger partial charge < -0.3 is 27.6 Å². The number of fused-ring (bicyclic) bond motifs is 1. The van der Waals surface area contributed by atoms with Crippen molar-refractivity contribution in [2.45, 2.75) is 37.8 Å². The van der Waals surface area contributed by atoms with Crippen molar-refractivity contribution in [1.82, 2.24) is 10.8 Å². The fraction of sp³-hybridized carbons (Fsp3) is 0.364. The Labute approximate surface area is 191 Å². The molecule has 0 spiro atoms. The van der Waals surface area contributed by atoms with Crippen LogP contribution in [0.15, 0.2) is 47.5 Å². The average Bonchev–Trinajstić information content (AvgIpc) is 2.79. The van der Waals surface area contributed by atoms with E-state index in [1.807, 2.05) is 36.4 Å². The van der Waals surface area contributed by atoms with E-state index in [4.69, 9.17) is 22.4 Å². The molecule has 2 aromatic carbocycles. The number of hydroxylamine groups is 1. The Hall–Kier alpha value is -3.70. The Morgan fingerprint density at radius 1 is 0.970 bits per heavy atom. The monoisotopic (exact) mass is 458 g/mol. The first-order valence-electron chi connectivity index (χ1n) is 10.5. The fourth-order valence-electron chi connectivity index (χ4n) is 3.45. The fourth-order valence-corrected chi connectivity index (χ4v) is 3.45. The van der Waals surface area contributed by atoms with Gasteiger partial charge in [-0.15, -0.1) is 0 Å². The number of nitrogens with zero attached hydrogens (tertiary/aromatic N) is 1. The number of primary amides is 1. The molecule has 0 fully saturated rings. The van der Waals surface area contributed by atoms with Crippen LogP contribution in [0.2, 0.25) is 0 Å². The molecule has 0 saturated heterocycles. The summed E-state index contributed by atoms with van der Waals surface area (Å²) in [5.74, 6) is -3.95. The molecule has 3 atom stereocenters. The van der Waals surface area contributed by atoms with E-state index in [9.17, 15) is 19.5 Å². The third kappa shape index (κ3) is 7.74. The van der Waals surface area contributed by atoms with E-state index >= 15 is 0 Å². The summed E-state index contributed by atoms with van der Waals surface area (Å²) in [4.78, 5) is 40.5. The predicted octanol–water partition coefficient (Wildman–Crippen LogP) is -0.721. The van der Waals surface area contributed by atoms with Gasteiger partial charge in [0.2, 0.25) is 11.8 Å². The molecule has 10 N–H and O–H groups in total. The van der Waals surface area contributed by atoms with E-state index in [1.54, 1.807) is 6.07 Å². The Morgan fingerprint density at radius 2 is 1.67 bits per heavy atom. The van der Waals surface area contributed by atoms with Gasteiger partial charge in [0.25, 0.3) is 5.91 Å². The van der Waals surface area contributed by atoms with E-state index in [1.165, 1.54) is 5.48 Å². The summed E-state index contributed by atoms with van der Waals surface area (Å²) in [6, 6.07) is 12.1. The van der Waals surface area contributed by atoms with Gasteiger partial charge in [0.1, 0.15) is 12.1 Å². The van der Waals surface area contributed by atoms with Crippen LogP contribution < -0.4 is 28.0 Å². The molecule has 178 valence electrons. The minimum Gasteiger partial charge on any atom is -0.382 e. The molecule has 2 rings (SSSR count). The van der Waals surface area contributed by atoms with Crippen LogP contribution in [0.3, 0.4) is 0 Å². The number of aliphatic hydroxyl groups excluding tert-OH is 1. The van der Waals surface area contributed by atoms with E-state index in [2.05, 4.69) is 10.3 Å². The van der Waals surface area contributed by atoms with Gasteiger partial charge >= 0.3 is 0 Å². The smallest absolute Gasteiger partial charge is 0.272 e. The van der Waals surface area contributed by atoms with Crippen molar-refractivity contribution in [3.05, 3.63) is 48.0 Å². The summed E-state index contributed by atoms with van der Waals surface area (Å²) in [6.07, 6.45) is -0.572. The second-order valence-electron chi connectivity index (χ2n) is 7.68. The zero-order valence-electron chi connectivity index (χ0n) is 18.1. The normalized spacial score (nSPS) is 13.5. The lowest BCUT2D eigenvalue weighted by molar-refractivity contribution is -0.146. The average molecular weight is 459 g/mol. The molecule has 0 aliphatic carbocycles. The molecular weight excluding hydrogens is 428 g/mol. The molecule has 11 nitrogen and oxygen atoms in total. The number of hydrogen-bond donors (Lipinski definition) is 7. The van der Waals surface area contributed by atoms with Gasteiger partial charge in [-0.05, 0) is 42.0 Å². The van der Waals surface area contributed by atoms with Crippen LogP contribution in [0.25, 0.3) is 10.8 Å². The molecule has 0 aliphatic rings. The molecule has 11 heteroatoms. The number of benzene rings is 2. The number of carbonyl (C=O) groups excluding carboxylic acids is 3. The van der Waals surface area contributed by atoms with Gasteiger partial charge in [-0.1, -0.05) is 42.5 Å². The highest BCUT2D eigenvalue weighted by molar-refractivity contribution is 5.92. The van der Waals surface area contributed by atoms with Crippen molar-refractivity contribution in [3.8, 4) is 0 Å². The predicted molar refractivity (Wildman–Crippen MR) is 123 cm³/mol. The number of hydrogen-bond acceptors (Lipinski definition) is 6. The standard InChI is InChI=1S/C22H30N6O5/c23-19(30)17(7-3-4-10-26-22(24)25)27-20(31)16(18(29)21(32)28-33)12-13-8-9-14-5-1-2-6-15(14)11-13/h1-2,5-6,8-9,11,16-18,29,33H,3-4,7,10,12H2,(H2,23,30)(H,27,31)(H,28,32)(H4,24,25,26)/t16-,17+,18+/m1/s1. The largest absolute Gasteiger partial charge is 0.382 e. The third-order valence-electron chi connectivity index (χ3n) is 5.22. The maximum absolute atomic E-state index is 13.0. The van der Waals surface area contributed by atoms with E-state index in [-0.39, 0.29) is 18.8 Å². The van der Waals surface area contributed by atoms with Crippen LogP contribution in [0.1, 0.15) is 24.8 Å². The van der Waals surface area contributed by atoms with Crippen molar-refractivity contribution in [1.29, 1.82) is 0 Å². The van der Waals surface area contributed by atoms with Gasteiger partial charge in [-0.3, -0.25) is 24.6 Å². The number of guanidine groups is 1. The first-order chi connectivity index (χ1) is 15.7. The van der Waals surface area contributed by atoms with Crippen molar-refractivity contribution in [2.24, 2.45) is 28.1 Å². The van der Waals surface area contributed by atoms with Crippen LogP contribution in [0.4, 0.5) is 0 Å². The number of aliphatic hydroxyl groups is 1. The molecule has 0 heterocycles. The number of amides is 3. The minimum atomic E-state index is -1.85. The van der Waals surface area contributed by atoms with E-state index < -0.39 is 35.8 Å². The number of nitrogens with two attached hydrogens (primary N) is 3. The van der Waals surface area contributed by atoms with Gasteiger partial charge in [0.05, 0.1) is 5.92 Å². The molecule has 33 heavy (non-hydrogen) atoms. The lowest BCUT2D eigenvalue weighted by atomic mass is 9.91. The molecule has 0 unspecified atom stereocenters. The summed E-state index contributed by atoms with van der Waals surface area (Å²) >= 11 is 0. The summed E-state index contributed by atoms with van der Waals surface area (Å²) in [6.45, 7) is 0.363. The van der Waals surface area contributed by atoms with Crippen LogP contribution >= 0.6 is 0 Å². The second-order valence-corrected chi connectivity index (χ2v) is 7.68. The highest BCUT2D eigenvalue weighted by Crippen LogP contribution is 2.20.